The van der Waals surface area contributed by atoms with E-state index < -0.39 is 0 Å². The van der Waals surface area contributed by atoms with Crippen LogP contribution >= 0.6 is 11.6 Å². The van der Waals surface area contributed by atoms with Gasteiger partial charge in [-0.2, -0.15) is 0 Å². The van der Waals surface area contributed by atoms with E-state index in [1.807, 2.05) is 6.07 Å². The van der Waals surface area contributed by atoms with Crippen molar-refractivity contribution in [2.24, 2.45) is 0 Å². The Labute approximate surface area is 182 Å². The lowest BCUT2D eigenvalue weighted by molar-refractivity contribution is -0.118. The highest BCUT2D eigenvalue weighted by atomic mass is 35.5. The van der Waals surface area contributed by atoms with Crippen molar-refractivity contribution in [3.63, 3.8) is 0 Å². The Kier molecular flexibility index (Phi) is 6.14. The standard InChI is InChI=1S/C23H18ClN3O4/c24-16-4-8-19(9-5-16)31-15-22(28)26-17-6-10-20(11-7-17)30-14-18-13-23(29)27-12-2-1-3-21(27)25-18/h1-13H,14-15H2,(H,26,28). The number of hydrogen-bond donors (Lipinski definition) is 1. The Morgan fingerprint density at radius 3 is 2.45 bits per heavy atom. The number of anilines is 1. The number of carbonyl (C=O) groups is 1. The fraction of sp³-hybridized carbons (Fsp3) is 0.0870. The van der Waals surface area contributed by atoms with Crippen LogP contribution in [0.1, 0.15) is 5.69 Å². The van der Waals surface area contributed by atoms with Crippen LogP contribution in [0.5, 0.6) is 11.5 Å². The molecule has 1 N–H and O–H groups in total. The molecule has 0 bridgehead atoms. The van der Waals surface area contributed by atoms with Gasteiger partial charge in [0.1, 0.15) is 23.8 Å². The molecule has 2 aromatic carbocycles. The topological polar surface area (TPSA) is 81.9 Å². The number of benzene rings is 2. The maximum Gasteiger partial charge on any atom is 0.262 e. The van der Waals surface area contributed by atoms with Crippen LogP contribution in [0.2, 0.25) is 5.02 Å². The van der Waals surface area contributed by atoms with Crippen molar-refractivity contribution in [2.45, 2.75) is 6.61 Å². The zero-order valence-electron chi connectivity index (χ0n) is 16.3. The summed E-state index contributed by atoms with van der Waals surface area (Å²) >= 11 is 5.82. The van der Waals surface area contributed by atoms with Gasteiger partial charge >= 0.3 is 0 Å². The third kappa shape index (κ3) is 5.40. The Balaban J connectivity index is 1.30. The number of pyridine rings is 1. The van der Waals surface area contributed by atoms with Gasteiger partial charge in [0.25, 0.3) is 11.5 Å². The first kappa shape index (κ1) is 20.4. The molecule has 0 spiro atoms. The molecule has 4 aromatic rings. The maximum atomic E-state index is 12.1. The molecule has 0 unspecified atom stereocenters. The van der Waals surface area contributed by atoms with Gasteiger partial charge in [-0.15, -0.1) is 0 Å². The third-order valence-corrected chi connectivity index (χ3v) is 4.58. The number of amides is 1. The number of halogens is 1. The van der Waals surface area contributed by atoms with Crippen molar-refractivity contribution >= 4 is 28.8 Å². The Bertz CT molecular complexity index is 1250. The normalized spacial score (nSPS) is 10.6. The summed E-state index contributed by atoms with van der Waals surface area (Å²) in [5, 5.41) is 3.35. The summed E-state index contributed by atoms with van der Waals surface area (Å²) in [4.78, 5) is 28.6. The van der Waals surface area contributed by atoms with Crippen molar-refractivity contribution in [1.82, 2.24) is 9.38 Å². The van der Waals surface area contributed by atoms with Crippen LogP contribution in [0.3, 0.4) is 0 Å². The predicted molar refractivity (Wildman–Crippen MR) is 118 cm³/mol. The number of fused-ring (bicyclic) bond motifs is 1. The molecule has 0 aliphatic rings. The van der Waals surface area contributed by atoms with Gasteiger partial charge in [0.15, 0.2) is 6.61 Å². The highest BCUT2D eigenvalue weighted by Gasteiger charge is 2.06. The molecule has 7 nitrogen and oxygen atoms in total. The highest BCUT2D eigenvalue weighted by Crippen LogP contribution is 2.18. The second-order valence-corrected chi connectivity index (χ2v) is 7.05. The van der Waals surface area contributed by atoms with E-state index in [1.165, 1.54) is 10.5 Å². The van der Waals surface area contributed by atoms with Gasteiger partial charge in [-0.3, -0.25) is 14.0 Å². The quantitative estimate of drug-likeness (QED) is 0.475. The largest absolute Gasteiger partial charge is 0.487 e. The van der Waals surface area contributed by atoms with E-state index in [0.29, 0.717) is 33.6 Å². The van der Waals surface area contributed by atoms with E-state index in [-0.39, 0.29) is 24.7 Å². The summed E-state index contributed by atoms with van der Waals surface area (Å²) in [5.41, 5.74) is 1.54. The van der Waals surface area contributed by atoms with E-state index in [1.54, 1.807) is 66.9 Å². The summed E-state index contributed by atoms with van der Waals surface area (Å²) < 4.78 is 12.6. The molecule has 1 amide bonds. The van der Waals surface area contributed by atoms with Gasteiger partial charge in [0.05, 0.1) is 5.69 Å². The smallest absolute Gasteiger partial charge is 0.262 e. The lowest BCUT2D eigenvalue weighted by Crippen LogP contribution is -2.20. The number of nitrogens with one attached hydrogen (secondary N) is 1. The van der Waals surface area contributed by atoms with E-state index in [0.717, 1.165) is 0 Å². The van der Waals surface area contributed by atoms with Gasteiger partial charge < -0.3 is 14.8 Å². The zero-order valence-corrected chi connectivity index (χ0v) is 17.1. The molecular weight excluding hydrogens is 418 g/mol. The molecular formula is C23H18ClN3O4. The van der Waals surface area contributed by atoms with E-state index in [2.05, 4.69) is 10.3 Å². The van der Waals surface area contributed by atoms with Gasteiger partial charge in [0, 0.05) is 23.0 Å². The lowest BCUT2D eigenvalue weighted by Gasteiger charge is -2.09. The number of hydrogen-bond acceptors (Lipinski definition) is 5. The molecule has 0 fully saturated rings. The first-order valence-electron chi connectivity index (χ1n) is 9.45. The molecule has 0 aliphatic heterocycles. The van der Waals surface area contributed by atoms with Gasteiger partial charge in [-0.05, 0) is 60.7 Å². The van der Waals surface area contributed by atoms with E-state index >= 15 is 0 Å². The van der Waals surface area contributed by atoms with Crippen LogP contribution < -0.4 is 20.3 Å². The SMILES string of the molecule is O=C(COc1ccc(Cl)cc1)Nc1ccc(OCc2cc(=O)n3ccccc3n2)cc1. The minimum absolute atomic E-state index is 0.122. The minimum Gasteiger partial charge on any atom is -0.487 e. The Hall–Kier alpha value is -3.84. The average Bonchev–Trinajstić information content (AvgIpc) is 2.78. The second kappa shape index (κ2) is 9.32. The molecule has 2 aromatic heterocycles. The number of carbonyl (C=O) groups excluding carboxylic acids is 1. The second-order valence-electron chi connectivity index (χ2n) is 6.62. The molecule has 8 heteroatoms. The molecule has 156 valence electrons. The van der Waals surface area contributed by atoms with Crippen LogP contribution in [0.15, 0.2) is 83.8 Å². The highest BCUT2D eigenvalue weighted by molar-refractivity contribution is 6.30. The summed E-state index contributed by atoms with van der Waals surface area (Å²) in [6.45, 7) is 0.0321. The summed E-state index contributed by atoms with van der Waals surface area (Å²) in [7, 11) is 0. The fourth-order valence-corrected chi connectivity index (χ4v) is 2.97. The summed E-state index contributed by atoms with van der Waals surface area (Å²) in [6.07, 6.45) is 1.67. The number of rotatable bonds is 7. The molecule has 0 aliphatic carbocycles. The first-order chi connectivity index (χ1) is 15.1. The molecule has 0 saturated carbocycles. The van der Waals surface area contributed by atoms with Crippen molar-refractivity contribution in [3.8, 4) is 11.5 Å². The van der Waals surface area contributed by atoms with Crippen molar-refractivity contribution in [1.29, 1.82) is 0 Å². The summed E-state index contributed by atoms with van der Waals surface area (Å²) in [5.74, 6) is 0.861. The predicted octanol–water partition coefficient (Wildman–Crippen LogP) is 3.94. The van der Waals surface area contributed by atoms with Gasteiger partial charge in [-0.25, -0.2) is 4.98 Å². The molecule has 0 atom stereocenters. The van der Waals surface area contributed by atoms with Crippen LogP contribution in [-0.2, 0) is 11.4 Å². The summed E-state index contributed by atoms with van der Waals surface area (Å²) in [6, 6.07) is 20.5. The van der Waals surface area contributed by atoms with Crippen LogP contribution in [0, 0.1) is 0 Å². The molecule has 0 saturated heterocycles. The van der Waals surface area contributed by atoms with Crippen molar-refractivity contribution in [3.05, 3.63) is 100 Å². The molecule has 31 heavy (non-hydrogen) atoms. The third-order valence-electron chi connectivity index (χ3n) is 4.33. The van der Waals surface area contributed by atoms with Crippen LogP contribution in [0.4, 0.5) is 5.69 Å². The first-order valence-corrected chi connectivity index (χ1v) is 9.83. The number of aromatic nitrogens is 2. The number of ether oxygens (including phenoxy) is 2. The van der Waals surface area contributed by atoms with Crippen LogP contribution in [-0.4, -0.2) is 21.9 Å². The Morgan fingerprint density at radius 1 is 0.968 bits per heavy atom. The lowest BCUT2D eigenvalue weighted by atomic mass is 10.3. The van der Waals surface area contributed by atoms with Gasteiger partial charge in [-0.1, -0.05) is 17.7 Å². The van der Waals surface area contributed by atoms with Gasteiger partial charge in [0.2, 0.25) is 0 Å². The Morgan fingerprint density at radius 2 is 1.68 bits per heavy atom. The van der Waals surface area contributed by atoms with E-state index in [9.17, 15) is 9.59 Å². The fourth-order valence-electron chi connectivity index (χ4n) is 2.85. The molecule has 4 rings (SSSR count). The molecule has 2 heterocycles. The van der Waals surface area contributed by atoms with Crippen molar-refractivity contribution < 1.29 is 14.3 Å². The number of nitrogens with zero attached hydrogens (tertiary/aromatic N) is 2. The maximum absolute atomic E-state index is 12.1. The minimum atomic E-state index is -0.288. The monoisotopic (exact) mass is 435 g/mol. The molecule has 0 radical (unpaired) electrons. The van der Waals surface area contributed by atoms with Crippen molar-refractivity contribution in [2.75, 3.05) is 11.9 Å². The van der Waals surface area contributed by atoms with Crippen LogP contribution in [0.25, 0.3) is 5.65 Å². The zero-order chi connectivity index (χ0) is 21.6. The van der Waals surface area contributed by atoms with E-state index in [4.69, 9.17) is 21.1 Å². The average molecular weight is 436 g/mol.